The van der Waals surface area contributed by atoms with Crippen LogP contribution >= 0.6 is 11.8 Å². The molecule has 1 aliphatic rings. The van der Waals surface area contributed by atoms with E-state index in [1.54, 1.807) is 0 Å². The average Bonchev–Trinajstić information content (AvgIpc) is 3.13. The van der Waals surface area contributed by atoms with Gasteiger partial charge in [-0.15, -0.1) is 0 Å². The van der Waals surface area contributed by atoms with Crippen molar-refractivity contribution in [1.29, 1.82) is 0 Å². The van der Waals surface area contributed by atoms with E-state index in [4.69, 9.17) is 15.9 Å². The number of nitrogens with one attached hydrogen (secondary N) is 1. The minimum Gasteiger partial charge on any atom is -0.480 e. The highest BCUT2D eigenvalue weighted by Gasteiger charge is 2.50. The molecule has 1 amide bonds. The molecule has 1 unspecified atom stereocenters. The van der Waals surface area contributed by atoms with Crippen LogP contribution in [0.5, 0.6) is 0 Å². The summed E-state index contributed by atoms with van der Waals surface area (Å²) in [4.78, 5) is 33.7. The predicted octanol–water partition coefficient (Wildman–Crippen LogP) is 1.43. The van der Waals surface area contributed by atoms with E-state index in [2.05, 4.69) is 5.32 Å². The molecule has 136 valence electrons. The van der Waals surface area contributed by atoms with Crippen LogP contribution in [0.3, 0.4) is 0 Å². The number of hydrogen-bond donors (Lipinski definition) is 4. The summed E-state index contributed by atoms with van der Waals surface area (Å²) in [5.41, 5.74) is 5.28. The Kier molecular flexibility index (Phi) is 7.75. The molecule has 0 aromatic rings. The summed E-state index contributed by atoms with van der Waals surface area (Å²) in [5, 5.41) is 20.3. The standard InChI is InChI=1S/C16H26N2O5S/c1-16(2)8-10(16)13(19)18-12(15(22)23)6-4-3-5-7-24-9-11(17)14(20)21/h6,10-11H,3-5,7-9,17H2,1-2H3,(H,18,19)(H,20,21)(H,22,23)/b12-6-/t10-,11?/m1/s1. The van der Waals surface area contributed by atoms with Crippen molar-refractivity contribution >= 4 is 29.6 Å². The van der Waals surface area contributed by atoms with Crippen LogP contribution in [0.4, 0.5) is 0 Å². The van der Waals surface area contributed by atoms with Crippen LogP contribution in [-0.4, -0.2) is 45.6 Å². The van der Waals surface area contributed by atoms with E-state index in [1.165, 1.54) is 17.8 Å². The van der Waals surface area contributed by atoms with Crippen molar-refractivity contribution in [3.05, 3.63) is 11.8 Å². The number of carbonyl (C=O) groups is 3. The highest BCUT2D eigenvalue weighted by molar-refractivity contribution is 7.99. The van der Waals surface area contributed by atoms with Gasteiger partial charge in [-0.1, -0.05) is 19.9 Å². The van der Waals surface area contributed by atoms with Crippen molar-refractivity contribution in [1.82, 2.24) is 5.32 Å². The number of rotatable bonds is 11. The first kappa shape index (κ1) is 20.5. The molecule has 0 heterocycles. The number of carboxylic acids is 2. The van der Waals surface area contributed by atoms with Crippen LogP contribution in [0, 0.1) is 11.3 Å². The van der Waals surface area contributed by atoms with Gasteiger partial charge in [-0.3, -0.25) is 9.59 Å². The lowest BCUT2D eigenvalue weighted by Crippen LogP contribution is -2.32. The molecule has 8 heteroatoms. The Morgan fingerprint density at radius 1 is 1.33 bits per heavy atom. The smallest absolute Gasteiger partial charge is 0.352 e. The fourth-order valence-corrected chi connectivity index (χ4v) is 3.17. The first-order valence-electron chi connectivity index (χ1n) is 7.95. The van der Waals surface area contributed by atoms with Crippen LogP contribution in [0.2, 0.25) is 0 Å². The minimum atomic E-state index is -1.14. The van der Waals surface area contributed by atoms with E-state index in [9.17, 15) is 14.4 Å². The van der Waals surface area contributed by atoms with E-state index in [0.29, 0.717) is 12.2 Å². The summed E-state index contributed by atoms with van der Waals surface area (Å²) < 4.78 is 0. The van der Waals surface area contributed by atoms with Crippen LogP contribution in [0.1, 0.15) is 39.5 Å². The van der Waals surface area contributed by atoms with Gasteiger partial charge in [0.25, 0.3) is 0 Å². The van der Waals surface area contributed by atoms with Gasteiger partial charge < -0.3 is 21.3 Å². The Labute approximate surface area is 146 Å². The summed E-state index contributed by atoms with van der Waals surface area (Å²) in [6, 6.07) is -0.851. The summed E-state index contributed by atoms with van der Waals surface area (Å²) in [6.07, 6.45) is 4.44. The van der Waals surface area contributed by atoms with Crippen molar-refractivity contribution in [2.45, 2.75) is 45.6 Å². The van der Waals surface area contributed by atoms with Gasteiger partial charge in [-0.2, -0.15) is 11.8 Å². The van der Waals surface area contributed by atoms with Crippen molar-refractivity contribution in [2.75, 3.05) is 11.5 Å². The van der Waals surface area contributed by atoms with Gasteiger partial charge in [-0.25, -0.2) is 4.79 Å². The zero-order valence-corrected chi connectivity index (χ0v) is 14.9. The lowest BCUT2D eigenvalue weighted by atomic mass is 10.1. The molecule has 2 atom stereocenters. The van der Waals surface area contributed by atoms with E-state index in [-0.39, 0.29) is 22.9 Å². The highest BCUT2D eigenvalue weighted by Crippen LogP contribution is 2.51. The molecule has 24 heavy (non-hydrogen) atoms. The Morgan fingerprint density at radius 2 is 1.96 bits per heavy atom. The lowest BCUT2D eigenvalue weighted by Gasteiger charge is -2.08. The fraction of sp³-hybridized carbons (Fsp3) is 0.688. The number of hydrogen-bond acceptors (Lipinski definition) is 5. The van der Waals surface area contributed by atoms with Gasteiger partial charge in [0.05, 0.1) is 0 Å². The van der Waals surface area contributed by atoms with Crippen molar-refractivity contribution in [2.24, 2.45) is 17.1 Å². The number of thioether (sulfide) groups is 1. The van der Waals surface area contributed by atoms with E-state index in [0.717, 1.165) is 25.0 Å². The topological polar surface area (TPSA) is 130 Å². The number of aliphatic carboxylic acids is 2. The molecule has 0 aromatic heterocycles. The molecule has 1 rings (SSSR count). The molecular weight excluding hydrogens is 332 g/mol. The zero-order chi connectivity index (χ0) is 18.3. The van der Waals surface area contributed by atoms with E-state index in [1.807, 2.05) is 13.8 Å². The summed E-state index contributed by atoms with van der Waals surface area (Å²) in [6.45, 7) is 3.96. The monoisotopic (exact) mass is 358 g/mol. The molecule has 0 radical (unpaired) electrons. The van der Waals surface area contributed by atoms with Gasteiger partial charge >= 0.3 is 11.9 Å². The second-order valence-corrected chi connectivity index (χ2v) is 7.82. The molecule has 1 fully saturated rings. The normalized spacial score (nSPS) is 20.3. The van der Waals surface area contributed by atoms with Crippen LogP contribution < -0.4 is 11.1 Å². The number of carbonyl (C=O) groups excluding carboxylic acids is 1. The van der Waals surface area contributed by atoms with Gasteiger partial charge in [0.15, 0.2) is 0 Å². The van der Waals surface area contributed by atoms with Gasteiger partial charge in [0.2, 0.25) is 5.91 Å². The van der Waals surface area contributed by atoms with Crippen LogP contribution in [0.25, 0.3) is 0 Å². The third kappa shape index (κ3) is 6.92. The van der Waals surface area contributed by atoms with Crippen molar-refractivity contribution in [3.8, 4) is 0 Å². The second-order valence-electron chi connectivity index (χ2n) is 6.67. The third-order valence-electron chi connectivity index (χ3n) is 4.02. The Morgan fingerprint density at radius 3 is 2.46 bits per heavy atom. The molecule has 0 bridgehead atoms. The molecule has 0 spiro atoms. The highest BCUT2D eigenvalue weighted by atomic mass is 32.2. The van der Waals surface area contributed by atoms with Crippen molar-refractivity contribution < 1.29 is 24.6 Å². The molecule has 1 aliphatic carbocycles. The number of allylic oxidation sites excluding steroid dienone is 1. The largest absolute Gasteiger partial charge is 0.480 e. The summed E-state index contributed by atoms with van der Waals surface area (Å²) >= 11 is 1.46. The lowest BCUT2D eigenvalue weighted by molar-refractivity contribution is -0.138. The SMILES string of the molecule is CC1(C)C[C@@H]1C(=O)N/C(=C\CCCCSCC(N)C(=O)O)C(=O)O. The average molecular weight is 358 g/mol. The fourth-order valence-electron chi connectivity index (χ4n) is 2.20. The summed E-state index contributed by atoms with van der Waals surface area (Å²) in [5.74, 6) is -1.37. The van der Waals surface area contributed by atoms with Gasteiger partial charge in [-0.05, 0) is 36.9 Å². The Hall–Kier alpha value is -1.54. The van der Waals surface area contributed by atoms with E-state index < -0.39 is 18.0 Å². The molecule has 5 N–H and O–H groups in total. The molecule has 0 saturated heterocycles. The maximum Gasteiger partial charge on any atom is 0.352 e. The maximum atomic E-state index is 12.0. The van der Waals surface area contributed by atoms with Crippen molar-refractivity contribution in [3.63, 3.8) is 0 Å². The first-order chi connectivity index (χ1) is 11.1. The minimum absolute atomic E-state index is 0.0400. The second kappa shape index (κ2) is 9.08. The molecule has 1 saturated carbocycles. The molecule has 0 aromatic carbocycles. The first-order valence-corrected chi connectivity index (χ1v) is 9.11. The van der Waals surface area contributed by atoms with Crippen LogP contribution in [-0.2, 0) is 14.4 Å². The van der Waals surface area contributed by atoms with Gasteiger partial charge in [0, 0.05) is 11.7 Å². The van der Waals surface area contributed by atoms with Gasteiger partial charge in [0.1, 0.15) is 11.7 Å². The number of carboxylic acid groups (broad SMARTS) is 2. The number of unbranched alkanes of at least 4 members (excludes halogenated alkanes) is 2. The quantitative estimate of drug-likeness (QED) is 0.325. The zero-order valence-electron chi connectivity index (χ0n) is 14.1. The Bertz CT molecular complexity index is 519. The maximum absolute atomic E-state index is 12.0. The molecule has 7 nitrogen and oxygen atoms in total. The molecule has 0 aliphatic heterocycles. The Balaban J connectivity index is 2.25. The predicted molar refractivity (Wildman–Crippen MR) is 92.5 cm³/mol. The van der Waals surface area contributed by atoms with E-state index >= 15 is 0 Å². The molecular formula is C16H26N2O5S. The van der Waals surface area contributed by atoms with Crippen LogP contribution in [0.15, 0.2) is 11.8 Å². The summed E-state index contributed by atoms with van der Waals surface area (Å²) in [7, 11) is 0. The third-order valence-corrected chi connectivity index (χ3v) is 5.20. The number of nitrogens with two attached hydrogens (primary N) is 1. The number of amides is 1.